The van der Waals surface area contributed by atoms with Crippen molar-refractivity contribution in [1.82, 2.24) is 14.9 Å². The van der Waals surface area contributed by atoms with Crippen molar-refractivity contribution in [2.75, 3.05) is 26.1 Å². The summed E-state index contributed by atoms with van der Waals surface area (Å²) < 4.78 is 56.9. The summed E-state index contributed by atoms with van der Waals surface area (Å²) in [4.78, 5) is 11.4. The third-order valence-corrected chi connectivity index (χ3v) is 7.67. The van der Waals surface area contributed by atoms with Crippen molar-refractivity contribution in [3.05, 3.63) is 53.1 Å². The Labute approximate surface area is 227 Å². The molecular formula is C29H37F3N4O3. The topological polar surface area (TPSA) is 79.7 Å². The van der Waals surface area contributed by atoms with E-state index in [9.17, 15) is 13.9 Å². The fourth-order valence-corrected chi connectivity index (χ4v) is 4.96. The van der Waals surface area contributed by atoms with E-state index < -0.39 is 28.9 Å². The summed E-state index contributed by atoms with van der Waals surface area (Å²) in [6, 6.07) is 7.37. The first-order valence-corrected chi connectivity index (χ1v) is 13.1. The van der Waals surface area contributed by atoms with Crippen LogP contribution in [0.15, 0.2) is 30.3 Å². The van der Waals surface area contributed by atoms with E-state index >= 15 is 4.39 Å². The number of benzene rings is 2. The van der Waals surface area contributed by atoms with Crippen LogP contribution in [0.5, 0.6) is 11.5 Å². The molecule has 1 aliphatic rings. The largest absolute Gasteiger partial charge is 0.493 e. The number of aryl methyl sites for hydroxylation is 1. The van der Waals surface area contributed by atoms with Crippen molar-refractivity contribution in [3.8, 4) is 11.5 Å². The molecule has 0 spiro atoms. The molecule has 0 radical (unpaired) electrons. The predicted molar refractivity (Wildman–Crippen MR) is 145 cm³/mol. The van der Waals surface area contributed by atoms with Crippen LogP contribution >= 0.6 is 0 Å². The Morgan fingerprint density at radius 2 is 1.90 bits per heavy atom. The molecule has 7 nitrogen and oxygen atoms in total. The number of nitrogens with one attached hydrogen (secondary N) is 1. The minimum absolute atomic E-state index is 0.0178. The van der Waals surface area contributed by atoms with E-state index in [0.717, 1.165) is 32.8 Å². The zero-order valence-electron chi connectivity index (χ0n) is 23.5. The van der Waals surface area contributed by atoms with Crippen LogP contribution in [0.1, 0.15) is 63.5 Å². The molecular weight excluding hydrogens is 509 g/mol. The second-order valence-corrected chi connectivity index (χ2v) is 10.9. The van der Waals surface area contributed by atoms with E-state index in [1.807, 2.05) is 0 Å². The SMILES string of the molecule is COc1cc2nc(C)nc(N[C@H](C)c3cccc(C(F)(F)C(C)(C)O)c3F)c2cc1OC[C@@H]1CC[C@@H](C)N1C. The molecule has 39 heavy (non-hydrogen) atoms. The maximum Gasteiger partial charge on any atom is 0.303 e. The highest BCUT2D eigenvalue weighted by Crippen LogP contribution is 2.42. The Morgan fingerprint density at radius 1 is 1.18 bits per heavy atom. The number of likely N-dealkylation sites (N-methyl/N-ethyl adjacent to an activating group) is 1. The van der Waals surface area contributed by atoms with Crippen LogP contribution in [0.25, 0.3) is 10.9 Å². The molecule has 212 valence electrons. The van der Waals surface area contributed by atoms with Crippen LogP contribution in [-0.2, 0) is 5.92 Å². The average Bonchev–Trinajstić information content (AvgIpc) is 3.18. The summed E-state index contributed by atoms with van der Waals surface area (Å²) >= 11 is 0. The van der Waals surface area contributed by atoms with Gasteiger partial charge in [0.1, 0.15) is 29.7 Å². The maximum absolute atomic E-state index is 15.4. The highest BCUT2D eigenvalue weighted by atomic mass is 19.3. The maximum atomic E-state index is 15.4. The standard InChI is InChI=1S/C29H37F3N4O3/c1-16-11-12-19(36(16)6)15-39-25-13-21-23(14-24(25)38-7)34-18(3)35-27(21)33-17(2)20-9-8-10-22(26(20)30)29(31,32)28(4,5)37/h8-10,13-14,16-17,19,37H,11-12,15H2,1-7H3,(H,33,34,35)/t16-,17-,19+/m1/s1. The van der Waals surface area contributed by atoms with Gasteiger partial charge in [0.05, 0.1) is 24.2 Å². The van der Waals surface area contributed by atoms with E-state index in [1.54, 1.807) is 33.1 Å². The number of fused-ring (bicyclic) bond motifs is 1. The second-order valence-electron chi connectivity index (χ2n) is 10.9. The van der Waals surface area contributed by atoms with Crippen LogP contribution in [0, 0.1) is 12.7 Å². The number of likely N-dealkylation sites (tertiary alicyclic amines) is 1. The van der Waals surface area contributed by atoms with Gasteiger partial charge in [-0.2, -0.15) is 8.78 Å². The lowest BCUT2D eigenvalue weighted by Crippen LogP contribution is -2.41. The fraction of sp³-hybridized carbons (Fsp3) is 0.517. The molecule has 4 rings (SSSR count). The molecule has 1 saturated heterocycles. The van der Waals surface area contributed by atoms with Crippen LogP contribution in [0.4, 0.5) is 19.0 Å². The quantitative estimate of drug-likeness (QED) is 0.342. The molecule has 0 unspecified atom stereocenters. The molecule has 2 N–H and O–H groups in total. The number of nitrogens with zero attached hydrogens (tertiary/aromatic N) is 3. The van der Waals surface area contributed by atoms with Crippen LogP contribution < -0.4 is 14.8 Å². The average molecular weight is 547 g/mol. The number of methoxy groups -OCH3 is 1. The summed E-state index contributed by atoms with van der Waals surface area (Å²) in [6.45, 7) is 7.98. The number of hydrogen-bond acceptors (Lipinski definition) is 7. The molecule has 0 amide bonds. The van der Waals surface area contributed by atoms with Gasteiger partial charge in [0.15, 0.2) is 11.5 Å². The fourth-order valence-electron chi connectivity index (χ4n) is 4.96. The highest BCUT2D eigenvalue weighted by molar-refractivity contribution is 5.92. The Balaban J connectivity index is 1.68. The number of rotatable bonds is 9. The number of halogens is 3. The molecule has 3 aromatic rings. The summed E-state index contributed by atoms with van der Waals surface area (Å²) in [5.41, 5.74) is -2.69. The summed E-state index contributed by atoms with van der Waals surface area (Å²) in [5.74, 6) is -2.94. The Bertz CT molecular complexity index is 1350. The normalized spacial score (nSPS) is 19.4. The van der Waals surface area contributed by atoms with Crippen molar-refractivity contribution in [1.29, 1.82) is 0 Å². The van der Waals surface area contributed by atoms with Gasteiger partial charge >= 0.3 is 5.92 Å². The summed E-state index contributed by atoms with van der Waals surface area (Å²) in [6.07, 6.45) is 2.15. The van der Waals surface area contributed by atoms with Gasteiger partial charge in [-0.1, -0.05) is 12.1 Å². The van der Waals surface area contributed by atoms with Gasteiger partial charge in [-0.05, 0) is 66.6 Å². The van der Waals surface area contributed by atoms with Gasteiger partial charge in [0.2, 0.25) is 0 Å². The third kappa shape index (κ3) is 5.63. The van der Waals surface area contributed by atoms with Crippen molar-refractivity contribution >= 4 is 16.7 Å². The van der Waals surface area contributed by atoms with Crippen molar-refractivity contribution in [2.45, 2.75) is 77.1 Å². The van der Waals surface area contributed by atoms with Crippen LogP contribution in [0.2, 0.25) is 0 Å². The van der Waals surface area contributed by atoms with Crippen molar-refractivity contribution < 1.29 is 27.8 Å². The zero-order chi connectivity index (χ0) is 28.7. The zero-order valence-corrected chi connectivity index (χ0v) is 23.5. The molecule has 2 aromatic carbocycles. The predicted octanol–water partition coefficient (Wildman–Crippen LogP) is 5.98. The number of anilines is 1. The second kappa shape index (κ2) is 10.8. The van der Waals surface area contributed by atoms with Crippen LogP contribution in [0.3, 0.4) is 0 Å². The highest BCUT2D eigenvalue weighted by Gasteiger charge is 2.49. The lowest BCUT2D eigenvalue weighted by molar-refractivity contribution is -0.170. The molecule has 10 heteroatoms. The summed E-state index contributed by atoms with van der Waals surface area (Å²) in [7, 11) is 3.65. The molecule has 2 heterocycles. The van der Waals surface area contributed by atoms with Gasteiger partial charge in [-0.15, -0.1) is 0 Å². The lowest BCUT2D eigenvalue weighted by atomic mass is 9.91. The third-order valence-electron chi connectivity index (χ3n) is 7.67. The first-order valence-electron chi connectivity index (χ1n) is 13.1. The number of ether oxygens (including phenoxy) is 2. The number of alkyl halides is 2. The number of aliphatic hydroxyl groups is 1. The van der Waals surface area contributed by atoms with Gasteiger partial charge in [0.25, 0.3) is 0 Å². The van der Waals surface area contributed by atoms with Gasteiger partial charge in [-0.3, -0.25) is 4.90 Å². The van der Waals surface area contributed by atoms with E-state index in [4.69, 9.17) is 9.47 Å². The number of hydrogen-bond donors (Lipinski definition) is 2. The minimum Gasteiger partial charge on any atom is -0.493 e. The van der Waals surface area contributed by atoms with E-state index in [2.05, 4.69) is 34.2 Å². The van der Waals surface area contributed by atoms with Gasteiger partial charge in [0, 0.05) is 29.1 Å². The van der Waals surface area contributed by atoms with E-state index in [0.29, 0.717) is 46.7 Å². The van der Waals surface area contributed by atoms with Crippen molar-refractivity contribution in [2.24, 2.45) is 0 Å². The Morgan fingerprint density at radius 3 is 2.51 bits per heavy atom. The summed E-state index contributed by atoms with van der Waals surface area (Å²) in [5, 5.41) is 13.8. The molecule has 0 bridgehead atoms. The van der Waals surface area contributed by atoms with Gasteiger partial charge in [-0.25, -0.2) is 14.4 Å². The number of aromatic nitrogens is 2. The Hall–Kier alpha value is -3.11. The minimum atomic E-state index is -3.79. The molecule has 1 fully saturated rings. The molecule has 1 aliphatic heterocycles. The molecule has 0 saturated carbocycles. The monoisotopic (exact) mass is 546 g/mol. The van der Waals surface area contributed by atoms with Gasteiger partial charge < -0.3 is 19.9 Å². The Kier molecular flexibility index (Phi) is 8.01. The molecule has 0 aliphatic carbocycles. The van der Waals surface area contributed by atoms with E-state index in [1.165, 1.54) is 12.1 Å². The van der Waals surface area contributed by atoms with Crippen molar-refractivity contribution in [3.63, 3.8) is 0 Å². The lowest BCUT2D eigenvalue weighted by Gasteiger charge is -2.30. The smallest absolute Gasteiger partial charge is 0.303 e. The molecule has 1 aromatic heterocycles. The first-order chi connectivity index (χ1) is 18.2. The van der Waals surface area contributed by atoms with E-state index in [-0.39, 0.29) is 11.6 Å². The first kappa shape index (κ1) is 28.9. The molecule has 3 atom stereocenters. The van der Waals surface area contributed by atoms with Crippen LogP contribution in [-0.4, -0.2) is 58.4 Å².